The minimum Gasteiger partial charge on any atom is -0.368 e. The summed E-state index contributed by atoms with van der Waals surface area (Å²) in [7, 11) is 0. The van der Waals surface area contributed by atoms with Crippen LogP contribution in [0.25, 0.3) is 11.2 Å². The van der Waals surface area contributed by atoms with Crippen LogP contribution in [0.2, 0.25) is 0 Å². The van der Waals surface area contributed by atoms with Crippen LogP contribution in [-0.2, 0) is 9.59 Å². The van der Waals surface area contributed by atoms with Gasteiger partial charge in [0.1, 0.15) is 5.82 Å². The third-order valence-corrected chi connectivity index (χ3v) is 4.96. The lowest BCUT2D eigenvalue weighted by molar-refractivity contribution is -0.133. The molecule has 29 heavy (non-hydrogen) atoms. The Hall–Kier alpha value is -3.62. The molecule has 0 bridgehead atoms. The first-order valence-electron chi connectivity index (χ1n) is 9.55. The van der Waals surface area contributed by atoms with E-state index in [1.807, 2.05) is 23.1 Å². The third-order valence-electron chi connectivity index (χ3n) is 4.96. The summed E-state index contributed by atoms with van der Waals surface area (Å²) in [5, 5.41) is 2.67. The topological polar surface area (TPSA) is 114 Å². The van der Waals surface area contributed by atoms with E-state index in [0.717, 1.165) is 18.8 Å². The van der Waals surface area contributed by atoms with E-state index in [1.54, 1.807) is 12.1 Å². The summed E-state index contributed by atoms with van der Waals surface area (Å²) in [6, 6.07) is 13.4. The van der Waals surface area contributed by atoms with Gasteiger partial charge in [-0.05, 0) is 24.3 Å². The summed E-state index contributed by atoms with van der Waals surface area (Å²) in [5.41, 5.74) is 1.75. The number of amides is 2. The molecule has 9 heteroatoms. The van der Waals surface area contributed by atoms with Crippen molar-refractivity contribution in [3.8, 4) is 0 Å². The number of nitrogens with zero attached hydrogens (tertiary/aromatic N) is 3. The van der Waals surface area contributed by atoms with Crippen molar-refractivity contribution in [1.29, 1.82) is 0 Å². The second-order valence-electron chi connectivity index (χ2n) is 6.92. The van der Waals surface area contributed by atoms with E-state index >= 15 is 0 Å². The third kappa shape index (κ3) is 4.45. The van der Waals surface area contributed by atoms with Gasteiger partial charge in [0.2, 0.25) is 11.8 Å². The number of piperazine rings is 1. The lowest BCUT2D eigenvalue weighted by atomic mass is 10.2. The van der Waals surface area contributed by atoms with Crippen LogP contribution in [-0.4, -0.2) is 57.8 Å². The van der Waals surface area contributed by atoms with E-state index in [1.165, 1.54) is 0 Å². The van der Waals surface area contributed by atoms with E-state index in [4.69, 9.17) is 0 Å². The smallest absolute Gasteiger partial charge is 0.325 e. The fourth-order valence-electron chi connectivity index (χ4n) is 3.42. The lowest BCUT2D eigenvalue weighted by Gasteiger charge is -2.36. The molecule has 3 N–H and O–H groups in total. The number of fused-ring (bicyclic) bond motifs is 1. The molecule has 2 amide bonds. The average Bonchev–Trinajstić information content (AvgIpc) is 3.12. The number of imidazole rings is 1. The maximum atomic E-state index is 12.4. The Morgan fingerprint density at radius 2 is 1.72 bits per heavy atom. The first-order valence-corrected chi connectivity index (χ1v) is 9.55. The number of pyridine rings is 1. The van der Waals surface area contributed by atoms with E-state index in [9.17, 15) is 14.4 Å². The molecule has 4 rings (SSSR count). The van der Waals surface area contributed by atoms with Crippen molar-refractivity contribution >= 4 is 34.5 Å². The Morgan fingerprint density at radius 1 is 0.966 bits per heavy atom. The van der Waals surface area contributed by atoms with Crippen molar-refractivity contribution in [3.05, 3.63) is 52.9 Å². The molecule has 150 valence electrons. The molecule has 0 saturated carbocycles. The number of benzene rings is 1. The van der Waals surface area contributed by atoms with E-state index in [2.05, 4.69) is 37.3 Å². The fourth-order valence-corrected chi connectivity index (χ4v) is 3.42. The number of aromatic amines is 2. The van der Waals surface area contributed by atoms with Gasteiger partial charge in [-0.3, -0.25) is 14.6 Å². The molecule has 1 fully saturated rings. The molecule has 9 nitrogen and oxygen atoms in total. The fraction of sp³-hybridized carbons (Fsp3) is 0.300. The second kappa shape index (κ2) is 8.17. The number of nitrogens with one attached hydrogen (secondary N) is 3. The Kier molecular flexibility index (Phi) is 5.28. The number of aromatic nitrogens is 3. The van der Waals surface area contributed by atoms with Crippen LogP contribution < -0.4 is 15.9 Å². The highest BCUT2D eigenvalue weighted by atomic mass is 16.2. The van der Waals surface area contributed by atoms with Crippen LogP contribution in [0, 0.1) is 0 Å². The van der Waals surface area contributed by atoms with Gasteiger partial charge >= 0.3 is 5.69 Å². The molecule has 0 atom stereocenters. The van der Waals surface area contributed by atoms with Gasteiger partial charge in [-0.2, -0.15) is 0 Å². The summed E-state index contributed by atoms with van der Waals surface area (Å²) in [6.45, 7) is 2.85. The highest BCUT2D eigenvalue weighted by molar-refractivity contribution is 5.93. The summed E-state index contributed by atoms with van der Waals surface area (Å²) >= 11 is 0. The first-order chi connectivity index (χ1) is 14.1. The van der Waals surface area contributed by atoms with Gasteiger partial charge in [0, 0.05) is 44.7 Å². The molecule has 0 radical (unpaired) electrons. The van der Waals surface area contributed by atoms with E-state index < -0.39 is 0 Å². The number of para-hydroxylation sites is 1. The second-order valence-corrected chi connectivity index (χ2v) is 6.92. The summed E-state index contributed by atoms with van der Waals surface area (Å²) < 4.78 is 0. The Bertz CT molecular complexity index is 1070. The van der Waals surface area contributed by atoms with Gasteiger partial charge in [0.15, 0.2) is 5.65 Å². The molecular formula is C20H22N6O3. The Morgan fingerprint density at radius 3 is 2.48 bits per heavy atom. The number of H-pyrrole nitrogens is 2. The zero-order valence-electron chi connectivity index (χ0n) is 15.9. The minimum atomic E-state index is -0.353. The zero-order chi connectivity index (χ0) is 20.2. The van der Waals surface area contributed by atoms with Crippen molar-refractivity contribution in [3.63, 3.8) is 0 Å². The predicted octanol–water partition coefficient (Wildman–Crippen LogP) is 1.32. The van der Waals surface area contributed by atoms with E-state index in [-0.39, 0.29) is 30.3 Å². The van der Waals surface area contributed by atoms with Gasteiger partial charge in [-0.25, -0.2) is 9.78 Å². The van der Waals surface area contributed by atoms with Gasteiger partial charge in [-0.1, -0.05) is 18.2 Å². The van der Waals surface area contributed by atoms with Crippen LogP contribution in [0.3, 0.4) is 0 Å². The molecule has 0 aliphatic carbocycles. The predicted molar refractivity (Wildman–Crippen MR) is 110 cm³/mol. The number of carbonyl (C=O) groups is 2. The zero-order valence-corrected chi connectivity index (χ0v) is 15.9. The molecular weight excluding hydrogens is 372 g/mol. The number of anilines is 2. The SMILES string of the molecule is O=C(CCC(=O)N1CCN(c2ccccc2)CC1)Nc1ccc2[nH]c(=O)[nH]c2n1. The quantitative estimate of drug-likeness (QED) is 0.604. The molecule has 3 aromatic rings. The summed E-state index contributed by atoms with van der Waals surface area (Å²) in [6.07, 6.45) is 0.238. The lowest BCUT2D eigenvalue weighted by Crippen LogP contribution is -2.48. The number of carbonyl (C=O) groups excluding carboxylic acids is 2. The normalized spacial score (nSPS) is 14.2. The summed E-state index contributed by atoms with van der Waals surface area (Å²) in [4.78, 5) is 49.2. The van der Waals surface area contributed by atoms with Crippen molar-refractivity contribution in [2.45, 2.75) is 12.8 Å². The molecule has 3 heterocycles. The summed E-state index contributed by atoms with van der Waals surface area (Å²) in [5.74, 6) is 0.0268. The molecule has 0 unspecified atom stereocenters. The van der Waals surface area contributed by atoms with Crippen molar-refractivity contribution in [1.82, 2.24) is 19.9 Å². The first kappa shape index (κ1) is 18.7. The average molecular weight is 394 g/mol. The number of hydrogen-bond donors (Lipinski definition) is 3. The van der Waals surface area contributed by atoms with Crippen molar-refractivity contribution in [2.75, 3.05) is 36.4 Å². The molecule has 1 saturated heterocycles. The minimum absolute atomic E-state index is 0.0220. The van der Waals surface area contributed by atoms with Crippen LogP contribution in [0.1, 0.15) is 12.8 Å². The number of hydrogen-bond acceptors (Lipinski definition) is 5. The maximum absolute atomic E-state index is 12.4. The molecule has 0 spiro atoms. The van der Waals surface area contributed by atoms with Crippen LogP contribution >= 0.6 is 0 Å². The van der Waals surface area contributed by atoms with Crippen LogP contribution in [0.5, 0.6) is 0 Å². The van der Waals surface area contributed by atoms with Crippen LogP contribution in [0.15, 0.2) is 47.3 Å². The van der Waals surface area contributed by atoms with Gasteiger partial charge in [-0.15, -0.1) is 0 Å². The molecule has 1 aromatic carbocycles. The molecule has 2 aromatic heterocycles. The number of rotatable bonds is 5. The Balaban J connectivity index is 1.25. The largest absolute Gasteiger partial charge is 0.368 e. The van der Waals surface area contributed by atoms with Gasteiger partial charge < -0.3 is 20.1 Å². The monoisotopic (exact) mass is 394 g/mol. The van der Waals surface area contributed by atoms with Gasteiger partial charge in [0.05, 0.1) is 5.52 Å². The Labute approximate surface area is 166 Å². The van der Waals surface area contributed by atoms with Crippen molar-refractivity contribution in [2.24, 2.45) is 0 Å². The highest BCUT2D eigenvalue weighted by Gasteiger charge is 2.21. The van der Waals surface area contributed by atoms with Crippen molar-refractivity contribution < 1.29 is 9.59 Å². The maximum Gasteiger partial charge on any atom is 0.325 e. The van der Waals surface area contributed by atoms with Gasteiger partial charge in [0.25, 0.3) is 0 Å². The molecule has 1 aliphatic heterocycles. The van der Waals surface area contributed by atoms with E-state index in [0.29, 0.717) is 30.1 Å². The standard InChI is InChI=1S/C20H22N6O3/c27-17(22-16-7-6-15-19(23-16)24-20(29)21-15)8-9-18(28)26-12-10-25(11-13-26)14-4-2-1-3-5-14/h1-7H,8-13H2,(H3,21,22,23,24,27,29). The highest BCUT2D eigenvalue weighted by Crippen LogP contribution is 2.16. The van der Waals surface area contributed by atoms with Crippen LogP contribution in [0.4, 0.5) is 11.5 Å². The molecule has 1 aliphatic rings.